The van der Waals surface area contributed by atoms with Gasteiger partial charge in [0, 0.05) is 37.1 Å². The zero-order valence-corrected chi connectivity index (χ0v) is 17.8. The Hall–Kier alpha value is -2.25. The number of nitrogens with one attached hydrogen (secondary N) is 1. The Balaban J connectivity index is 1.60. The van der Waals surface area contributed by atoms with Crippen molar-refractivity contribution >= 4 is 32.4 Å². The molecule has 1 N–H and O–H groups in total. The minimum absolute atomic E-state index is 0.0531. The van der Waals surface area contributed by atoms with Gasteiger partial charge in [0.15, 0.2) is 0 Å². The zero-order chi connectivity index (χ0) is 23.0. The molecule has 1 saturated heterocycles. The lowest BCUT2D eigenvalue weighted by Crippen LogP contribution is -2.50. The van der Waals surface area contributed by atoms with Gasteiger partial charge in [-0.25, -0.2) is 22.0 Å². The summed E-state index contributed by atoms with van der Waals surface area (Å²) in [5, 5.41) is 3.04. The predicted molar refractivity (Wildman–Crippen MR) is 106 cm³/mol. The first-order chi connectivity index (χ1) is 14.4. The second-order valence-corrected chi connectivity index (χ2v) is 9.96. The Morgan fingerprint density at radius 2 is 1.71 bits per heavy atom. The molecule has 1 aromatic heterocycles. The first-order valence-electron chi connectivity index (χ1n) is 9.05. The molecule has 13 heteroatoms. The van der Waals surface area contributed by atoms with E-state index in [2.05, 4.69) is 5.32 Å². The van der Waals surface area contributed by atoms with Crippen molar-refractivity contribution in [1.82, 2.24) is 9.21 Å². The van der Waals surface area contributed by atoms with Crippen LogP contribution in [0, 0.1) is 11.6 Å². The van der Waals surface area contributed by atoms with Crippen LogP contribution in [0.3, 0.4) is 0 Å². The topological polar surface area (TPSA) is 69.7 Å². The highest BCUT2D eigenvalue weighted by molar-refractivity contribution is 7.90. The van der Waals surface area contributed by atoms with Gasteiger partial charge in [-0.3, -0.25) is 5.32 Å². The number of alkyl halides is 3. The summed E-state index contributed by atoms with van der Waals surface area (Å²) in [6, 6.07) is 5.25. The first kappa shape index (κ1) is 23.4. The van der Waals surface area contributed by atoms with E-state index in [-0.39, 0.29) is 25.9 Å². The van der Waals surface area contributed by atoms with E-state index in [1.165, 1.54) is 11.9 Å². The molecule has 1 fully saturated rings. The lowest BCUT2D eigenvalue weighted by molar-refractivity contribution is -0.0497. The Labute approximate surface area is 179 Å². The largest absolute Gasteiger partial charge is 0.511 e. The highest BCUT2D eigenvalue weighted by atomic mass is 32.2. The molecule has 170 valence electrons. The number of hydrogen-bond acceptors (Lipinski definition) is 4. The Kier molecular flexibility index (Phi) is 6.58. The van der Waals surface area contributed by atoms with Crippen LogP contribution in [0.4, 0.5) is 31.7 Å². The summed E-state index contributed by atoms with van der Waals surface area (Å²) in [6.45, 7) is -0.698. The maximum atomic E-state index is 13.4. The molecule has 2 aromatic rings. The molecule has 3 rings (SSSR count). The van der Waals surface area contributed by atoms with E-state index in [1.807, 2.05) is 0 Å². The van der Waals surface area contributed by atoms with Gasteiger partial charge in [-0.05, 0) is 42.7 Å². The number of rotatable bonds is 4. The second kappa shape index (κ2) is 8.71. The van der Waals surface area contributed by atoms with Gasteiger partial charge in [-0.15, -0.1) is 11.3 Å². The molecule has 0 atom stereocenters. The number of carbonyl (C=O) groups is 1. The number of benzene rings is 1. The zero-order valence-electron chi connectivity index (χ0n) is 16.1. The van der Waals surface area contributed by atoms with Crippen LogP contribution in [-0.2, 0) is 10.0 Å². The summed E-state index contributed by atoms with van der Waals surface area (Å²) in [4.78, 5) is 14.3. The number of urea groups is 1. The molecular weight excluding hydrogens is 465 g/mol. The van der Waals surface area contributed by atoms with E-state index in [0.717, 1.165) is 29.5 Å². The van der Waals surface area contributed by atoms with Crippen LogP contribution in [-0.4, -0.2) is 55.3 Å². The molecule has 0 bridgehead atoms. The van der Waals surface area contributed by atoms with E-state index >= 15 is 0 Å². The van der Waals surface area contributed by atoms with Crippen LogP contribution < -0.4 is 5.32 Å². The van der Waals surface area contributed by atoms with Gasteiger partial charge in [-0.2, -0.15) is 17.5 Å². The average Bonchev–Trinajstić information content (AvgIpc) is 3.14. The summed E-state index contributed by atoms with van der Waals surface area (Å²) in [5.41, 5.74) is -5.04. The number of thiophene rings is 1. The number of hydrogen-bond donors (Lipinski definition) is 1. The molecule has 31 heavy (non-hydrogen) atoms. The fourth-order valence-corrected chi connectivity index (χ4v) is 5.10. The Morgan fingerprint density at radius 1 is 1.13 bits per heavy atom. The van der Waals surface area contributed by atoms with E-state index in [0.29, 0.717) is 19.7 Å². The lowest BCUT2D eigenvalue weighted by Gasteiger charge is -2.36. The van der Waals surface area contributed by atoms with Gasteiger partial charge in [0.2, 0.25) is 0 Å². The SMILES string of the molecule is CN(C(=O)Nc1ccc(-c2cc(F)cc(F)c2)s1)C1CCN(S(=O)(=O)C(F)(F)F)CC1. The predicted octanol–water partition coefficient (Wildman–Crippen LogP) is 4.47. The Bertz CT molecular complexity index is 1040. The quantitative estimate of drug-likeness (QED) is 0.653. The third kappa shape index (κ3) is 5.15. The van der Waals surface area contributed by atoms with Gasteiger partial charge < -0.3 is 4.90 Å². The van der Waals surface area contributed by atoms with Crippen molar-refractivity contribution in [3.05, 3.63) is 42.0 Å². The molecule has 6 nitrogen and oxygen atoms in total. The van der Waals surface area contributed by atoms with Crippen molar-refractivity contribution in [2.75, 3.05) is 25.5 Å². The molecule has 2 heterocycles. The van der Waals surface area contributed by atoms with Gasteiger partial charge >= 0.3 is 21.6 Å². The van der Waals surface area contributed by atoms with Crippen LogP contribution in [0.15, 0.2) is 30.3 Å². The van der Waals surface area contributed by atoms with Crippen LogP contribution in [0.25, 0.3) is 10.4 Å². The van der Waals surface area contributed by atoms with Gasteiger partial charge in [0.05, 0.1) is 5.00 Å². The van der Waals surface area contributed by atoms with Crippen LogP contribution in [0.1, 0.15) is 12.8 Å². The molecule has 1 aromatic carbocycles. The number of sulfonamides is 1. The van der Waals surface area contributed by atoms with E-state index < -0.39 is 39.2 Å². The number of anilines is 1. The summed E-state index contributed by atoms with van der Waals surface area (Å²) < 4.78 is 88.1. The van der Waals surface area contributed by atoms with E-state index in [1.54, 1.807) is 12.1 Å². The first-order valence-corrected chi connectivity index (χ1v) is 11.3. The monoisotopic (exact) mass is 483 g/mol. The molecule has 0 unspecified atom stereocenters. The van der Waals surface area contributed by atoms with Gasteiger partial charge in [-0.1, -0.05) is 0 Å². The van der Waals surface area contributed by atoms with Gasteiger partial charge in [0.1, 0.15) is 11.6 Å². The molecule has 0 saturated carbocycles. The number of nitrogens with zero attached hydrogens (tertiary/aromatic N) is 2. The highest BCUT2D eigenvalue weighted by Crippen LogP contribution is 2.33. The van der Waals surface area contributed by atoms with Crippen molar-refractivity contribution < 1.29 is 35.2 Å². The second-order valence-electron chi connectivity index (χ2n) is 6.94. The summed E-state index contributed by atoms with van der Waals surface area (Å²) >= 11 is 1.10. The standard InChI is InChI=1S/C18H18F5N3O3S2/c1-25(14-4-6-26(7-5-14)31(28,29)18(21,22)23)17(27)24-16-3-2-15(30-16)11-8-12(19)10-13(20)9-11/h2-3,8-10,14H,4-7H2,1H3,(H,24,27). The maximum Gasteiger partial charge on any atom is 0.511 e. The third-order valence-electron chi connectivity index (χ3n) is 4.91. The third-order valence-corrected chi connectivity index (χ3v) is 7.59. The fraction of sp³-hybridized carbons (Fsp3) is 0.389. The Morgan fingerprint density at radius 3 is 2.26 bits per heavy atom. The summed E-state index contributed by atoms with van der Waals surface area (Å²) in [5.74, 6) is -1.46. The van der Waals surface area contributed by atoms with Gasteiger partial charge in [0.25, 0.3) is 0 Å². The number of carbonyl (C=O) groups excluding carboxylic acids is 1. The van der Waals surface area contributed by atoms with E-state index in [9.17, 15) is 35.2 Å². The lowest BCUT2D eigenvalue weighted by atomic mass is 10.1. The normalized spacial score (nSPS) is 16.3. The minimum atomic E-state index is -5.38. The smallest absolute Gasteiger partial charge is 0.324 e. The summed E-state index contributed by atoms with van der Waals surface area (Å²) in [6.07, 6.45) is 0.106. The van der Waals surface area contributed by atoms with Crippen molar-refractivity contribution in [2.45, 2.75) is 24.4 Å². The number of piperidine rings is 1. The van der Waals surface area contributed by atoms with E-state index in [4.69, 9.17) is 0 Å². The van der Waals surface area contributed by atoms with Crippen LogP contribution >= 0.6 is 11.3 Å². The van der Waals surface area contributed by atoms with Crippen molar-refractivity contribution in [3.63, 3.8) is 0 Å². The highest BCUT2D eigenvalue weighted by Gasteiger charge is 2.50. The van der Waals surface area contributed by atoms with Crippen LogP contribution in [0.5, 0.6) is 0 Å². The fourth-order valence-electron chi connectivity index (χ4n) is 3.23. The number of amides is 2. The molecule has 0 spiro atoms. The van der Waals surface area contributed by atoms with Crippen molar-refractivity contribution in [1.29, 1.82) is 0 Å². The molecule has 0 radical (unpaired) electrons. The number of halogens is 5. The van der Waals surface area contributed by atoms with Crippen LogP contribution in [0.2, 0.25) is 0 Å². The molecule has 0 aliphatic carbocycles. The summed E-state index contributed by atoms with van der Waals surface area (Å²) in [7, 11) is -3.92. The molecular formula is C18H18F5N3O3S2. The average molecular weight is 483 g/mol. The van der Waals surface area contributed by atoms with Crippen molar-refractivity contribution in [2.24, 2.45) is 0 Å². The molecule has 2 amide bonds. The van der Waals surface area contributed by atoms with Crippen molar-refractivity contribution in [3.8, 4) is 10.4 Å². The maximum absolute atomic E-state index is 13.4. The molecule has 1 aliphatic rings. The molecule has 1 aliphatic heterocycles. The minimum Gasteiger partial charge on any atom is -0.324 e.